The molecule has 0 aromatic carbocycles. The van der Waals surface area contributed by atoms with E-state index in [0.717, 1.165) is 51.2 Å². The summed E-state index contributed by atoms with van der Waals surface area (Å²) in [4.78, 5) is 13.6. The Morgan fingerprint density at radius 2 is 2.25 bits per heavy atom. The van der Waals surface area contributed by atoms with Gasteiger partial charge in [-0.3, -0.25) is 0 Å². The quantitative estimate of drug-likeness (QED) is 0.868. The number of hydrogen-bond donors (Lipinski definition) is 1. The van der Waals surface area contributed by atoms with Gasteiger partial charge in [-0.05, 0) is 25.5 Å². The number of aromatic nitrogens is 2. The highest BCUT2D eigenvalue weighted by Gasteiger charge is 2.20. The zero-order chi connectivity index (χ0) is 13.8. The van der Waals surface area contributed by atoms with Crippen LogP contribution in [0, 0.1) is 0 Å². The SMILES string of the molecule is CN(c1ccnc(N2CCOCC2)n1)C1CCCNC1. The van der Waals surface area contributed by atoms with Gasteiger partial charge in [0.1, 0.15) is 5.82 Å². The second kappa shape index (κ2) is 6.37. The van der Waals surface area contributed by atoms with Crippen molar-refractivity contribution in [1.29, 1.82) is 0 Å². The van der Waals surface area contributed by atoms with Crippen LogP contribution in [0.2, 0.25) is 0 Å². The van der Waals surface area contributed by atoms with Crippen molar-refractivity contribution in [2.75, 3.05) is 56.2 Å². The molecule has 0 saturated carbocycles. The van der Waals surface area contributed by atoms with Gasteiger partial charge in [-0.25, -0.2) is 4.98 Å². The minimum absolute atomic E-state index is 0.524. The number of nitrogens with one attached hydrogen (secondary N) is 1. The Morgan fingerprint density at radius 3 is 3.00 bits per heavy atom. The molecule has 3 rings (SSSR count). The van der Waals surface area contributed by atoms with Crippen LogP contribution < -0.4 is 15.1 Å². The van der Waals surface area contributed by atoms with Crippen LogP contribution in [0.15, 0.2) is 12.3 Å². The van der Waals surface area contributed by atoms with Gasteiger partial charge in [0.2, 0.25) is 5.95 Å². The van der Waals surface area contributed by atoms with Gasteiger partial charge in [0.25, 0.3) is 0 Å². The van der Waals surface area contributed by atoms with Crippen LogP contribution in [-0.2, 0) is 4.74 Å². The normalized spacial score (nSPS) is 23.6. The summed E-state index contributed by atoms with van der Waals surface area (Å²) in [5.74, 6) is 1.83. The highest BCUT2D eigenvalue weighted by Crippen LogP contribution is 2.19. The van der Waals surface area contributed by atoms with Crippen molar-refractivity contribution in [2.45, 2.75) is 18.9 Å². The Morgan fingerprint density at radius 1 is 1.40 bits per heavy atom. The van der Waals surface area contributed by atoms with Gasteiger partial charge >= 0.3 is 0 Å². The molecule has 2 saturated heterocycles. The lowest BCUT2D eigenvalue weighted by molar-refractivity contribution is 0.122. The van der Waals surface area contributed by atoms with Gasteiger partial charge in [-0.15, -0.1) is 0 Å². The molecule has 6 heteroatoms. The van der Waals surface area contributed by atoms with Crippen LogP contribution in [-0.4, -0.2) is 62.5 Å². The van der Waals surface area contributed by atoms with Gasteiger partial charge in [-0.2, -0.15) is 4.98 Å². The molecule has 20 heavy (non-hydrogen) atoms. The van der Waals surface area contributed by atoms with Crippen LogP contribution in [0.3, 0.4) is 0 Å². The number of ether oxygens (including phenoxy) is 1. The van der Waals surface area contributed by atoms with E-state index in [1.54, 1.807) is 0 Å². The minimum atomic E-state index is 0.524. The average Bonchev–Trinajstić information content (AvgIpc) is 2.56. The fraction of sp³-hybridized carbons (Fsp3) is 0.714. The summed E-state index contributed by atoms with van der Waals surface area (Å²) in [6, 6.07) is 2.52. The highest BCUT2D eigenvalue weighted by molar-refractivity contribution is 5.44. The van der Waals surface area contributed by atoms with E-state index >= 15 is 0 Å². The van der Waals surface area contributed by atoms with E-state index in [9.17, 15) is 0 Å². The van der Waals surface area contributed by atoms with E-state index < -0.39 is 0 Å². The predicted octanol–water partition coefficient (Wildman–Crippen LogP) is 0.501. The maximum atomic E-state index is 5.38. The zero-order valence-corrected chi connectivity index (χ0v) is 12.1. The number of anilines is 2. The molecule has 6 nitrogen and oxygen atoms in total. The molecule has 1 aromatic heterocycles. The molecule has 0 amide bonds. The van der Waals surface area contributed by atoms with Crippen molar-refractivity contribution in [3.63, 3.8) is 0 Å². The third-order valence-electron chi connectivity index (χ3n) is 4.10. The Labute approximate surface area is 120 Å². The van der Waals surface area contributed by atoms with Crippen LogP contribution in [0.4, 0.5) is 11.8 Å². The maximum Gasteiger partial charge on any atom is 0.227 e. The molecule has 2 aliphatic heterocycles. The standard InChI is InChI=1S/C14H23N5O/c1-18(12-3-2-5-15-11-12)13-4-6-16-14(17-13)19-7-9-20-10-8-19/h4,6,12,15H,2-3,5,7-11H2,1H3. The number of morpholine rings is 1. The molecule has 2 fully saturated rings. The summed E-state index contributed by atoms with van der Waals surface area (Å²) < 4.78 is 5.38. The first-order chi connectivity index (χ1) is 9.84. The van der Waals surface area contributed by atoms with Crippen molar-refractivity contribution < 1.29 is 4.74 Å². The number of piperidine rings is 1. The molecular formula is C14H23N5O. The third kappa shape index (κ3) is 3.02. The number of likely N-dealkylation sites (N-methyl/N-ethyl adjacent to an activating group) is 1. The van der Waals surface area contributed by atoms with E-state index in [1.807, 2.05) is 12.3 Å². The Kier molecular flexibility index (Phi) is 4.32. The summed E-state index contributed by atoms with van der Waals surface area (Å²) in [7, 11) is 2.13. The second-order valence-corrected chi connectivity index (χ2v) is 5.43. The van der Waals surface area contributed by atoms with E-state index in [0.29, 0.717) is 6.04 Å². The molecule has 2 aliphatic rings. The monoisotopic (exact) mass is 277 g/mol. The van der Waals surface area contributed by atoms with Crippen molar-refractivity contribution in [3.8, 4) is 0 Å². The van der Waals surface area contributed by atoms with Gasteiger partial charge in [0.15, 0.2) is 0 Å². The maximum absolute atomic E-state index is 5.38. The average molecular weight is 277 g/mol. The molecule has 0 aliphatic carbocycles. The Hall–Kier alpha value is -1.40. The lowest BCUT2D eigenvalue weighted by atomic mass is 10.1. The van der Waals surface area contributed by atoms with Gasteiger partial charge in [0.05, 0.1) is 13.2 Å². The first-order valence-corrected chi connectivity index (χ1v) is 7.44. The lowest BCUT2D eigenvalue weighted by Gasteiger charge is -2.33. The van der Waals surface area contributed by atoms with Crippen LogP contribution in [0.5, 0.6) is 0 Å². The van der Waals surface area contributed by atoms with Crippen LogP contribution >= 0.6 is 0 Å². The van der Waals surface area contributed by atoms with Gasteiger partial charge in [-0.1, -0.05) is 0 Å². The number of hydrogen-bond acceptors (Lipinski definition) is 6. The fourth-order valence-corrected chi connectivity index (χ4v) is 2.80. The van der Waals surface area contributed by atoms with Gasteiger partial charge in [0, 0.05) is 38.9 Å². The van der Waals surface area contributed by atoms with E-state index in [-0.39, 0.29) is 0 Å². The summed E-state index contributed by atoms with van der Waals surface area (Å²) in [6.07, 6.45) is 4.32. The fourth-order valence-electron chi connectivity index (χ4n) is 2.80. The molecule has 0 radical (unpaired) electrons. The summed E-state index contributed by atoms with van der Waals surface area (Å²) in [6.45, 7) is 5.43. The molecule has 1 aromatic rings. The van der Waals surface area contributed by atoms with E-state index in [1.165, 1.54) is 12.8 Å². The third-order valence-corrected chi connectivity index (χ3v) is 4.10. The van der Waals surface area contributed by atoms with Crippen LogP contribution in [0.1, 0.15) is 12.8 Å². The first-order valence-electron chi connectivity index (χ1n) is 7.44. The summed E-state index contributed by atoms with van der Waals surface area (Å²) in [5, 5.41) is 3.45. The molecule has 1 atom stereocenters. The van der Waals surface area contributed by atoms with E-state index in [2.05, 4.69) is 27.1 Å². The Balaban J connectivity index is 1.72. The highest BCUT2D eigenvalue weighted by atomic mass is 16.5. The van der Waals surface area contributed by atoms with Crippen molar-refractivity contribution >= 4 is 11.8 Å². The zero-order valence-electron chi connectivity index (χ0n) is 12.1. The van der Waals surface area contributed by atoms with Crippen LogP contribution in [0.25, 0.3) is 0 Å². The summed E-state index contributed by atoms with van der Waals surface area (Å²) >= 11 is 0. The Bertz CT molecular complexity index is 429. The molecule has 1 N–H and O–H groups in total. The minimum Gasteiger partial charge on any atom is -0.378 e. The molecule has 0 spiro atoms. The lowest BCUT2D eigenvalue weighted by Crippen LogP contribution is -2.44. The largest absolute Gasteiger partial charge is 0.378 e. The second-order valence-electron chi connectivity index (χ2n) is 5.43. The molecule has 110 valence electrons. The molecular weight excluding hydrogens is 254 g/mol. The van der Waals surface area contributed by atoms with Gasteiger partial charge < -0.3 is 19.9 Å². The number of rotatable bonds is 3. The number of nitrogens with zero attached hydrogens (tertiary/aromatic N) is 4. The molecule has 3 heterocycles. The first kappa shape index (κ1) is 13.6. The predicted molar refractivity (Wildman–Crippen MR) is 79.4 cm³/mol. The van der Waals surface area contributed by atoms with Crippen molar-refractivity contribution in [1.82, 2.24) is 15.3 Å². The molecule has 0 bridgehead atoms. The summed E-state index contributed by atoms with van der Waals surface area (Å²) in [5.41, 5.74) is 0. The van der Waals surface area contributed by atoms with E-state index in [4.69, 9.17) is 9.72 Å². The smallest absolute Gasteiger partial charge is 0.227 e. The molecule has 1 unspecified atom stereocenters. The van der Waals surface area contributed by atoms with Crippen molar-refractivity contribution in [2.24, 2.45) is 0 Å². The topological polar surface area (TPSA) is 53.5 Å². The van der Waals surface area contributed by atoms with Crippen molar-refractivity contribution in [3.05, 3.63) is 12.3 Å².